The van der Waals surface area contributed by atoms with Gasteiger partial charge in [0.15, 0.2) is 0 Å². The quantitative estimate of drug-likeness (QED) is 0.688. The average molecular weight is 242 g/mol. The Bertz CT molecular complexity index is 657. The molecule has 17 heavy (non-hydrogen) atoms. The molecule has 0 saturated heterocycles. The third kappa shape index (κ3) is 1.91. The minimum Gasteiger partial charge on any atom is -0.254 e. The van der Waals surface area contributed by atoms with Crippen molar-refractivity contribution in [3.63, 3.8) is 0 Å². The monoisotopic (exact) mass is 242 g/mol. The molecule has 0 radical (unpaired) electrons. The van der Waals surface area contributed by atoms with Gasteiger partial charge in [-0.25, -0.2) is 4.98 Å². The number of thiazole rings is 1. The Balaban J connectivity index is 2.17. The molecule has 86 valence electrons. The van der Waals surface area contributed by atoms with Gasteiger partial charge in [-0.05, 0) is 18.9 Å². The van der Waals surface area contributed by atoms with Crippen molar-refractivity contribution in [2.45, 2.75) is 26.2 Å². The number of pyridine rings is 1. The van der Waals surface area contributed by atoms with Crippen LogP contribution in [-0.4, -0.2) is 9.97 Å². The highest BCUT2D eigenvalue weighted by molar-refractivity contribution is 7.19. The van der Waals surface area contributed by atoms with Gasteiger partial charge in [-0.15, -0.1) is 11.3 Å². The van der Waals surface area contributed by atoms with E-state index in [1.165, 1.54) is 27.9 Å². The maximum Gasteiger partial charge on any atom is 0.100 e. The van der Waals surface area contributed by atoms with E-state index in [0.29, 0.717) is 0 Å². The fourth-order valence-electron chi connectivity index (χ4n) is 2.00. The second kappa shape index (κ2) is 4.41. The van der Waals surface area contributed by atoms with Crippen molar-refractivity contribution >= 4 is 32.5 Å². The first kappa shape index (κ1) is 10.7. The Morgan fingerprint density at radius 2 is 2.06 bits per heavy atom. The zero-order valence-corrected chi connectivity index (χ0v) is 10.6. The smallest absolute Gasteiger partial charge is 0.100 e. The van der Waals surface area contributed by atoms with Gasteiger partial charge in [0.2, 0.25) is 0 Å². The van der Waals surface area contributed by atoms with E-state index in [2.05, 4.69) is 35.1 Å². The highest BCUT2D eigenvalue weighted by Gasteiger charge is 2.07. The molecule has 3 heteroatoms. The van der Waals surface area contributed by atoms with E-state index in [4.69, 9.17) is 0 Å². The number of para-hydroxylation sites is 1. The molecular formula is C14H14N2S. The van der Waals surface area contributed by atoms with E-state index in [0.717, 1.165) is 17.5 Å². The zero-order chi connectivity index (χ0) is 11.7. The summed E-state index contributed by atoms with van der Waals surface area (Å²) < 4.78 is 1.28. The lowest BCUT2D eigenvalue weighted by Gasteiger charge is -1.95. The van der Waals surface area contributed by atoms with Crippen LogP contribution >= 0.6 is 11.3 Å². The summed E-state index contributed by atoms with van der Waals surface area (Å²) in [5.41, 5.74) is 2.10. The predicted octanol–water partition coefficient (Wildman–Crippen LogP) is 4.19. The molecule has 1 aromatic carbocycles. The molecule has 0 N–H and O–H groups in total. The third-order valence-electron chi connectivity index (χ3n) is 2.92. The van der Waals surface area contributed by atoms with Crippen LogP contribution in [0.15, 0.2) is 30.5 Å². The summed E-state index contributed by atoms with van der Waals surface area (Å²) in [5, 5.41) is 2.46. The van der Waals surface area contributed by atoms with E-state index in [1.54, 1.807) is 0 Å². The maximum atomic E-state index is 4.66. The van der Waals surface area contributed by atoms with Gasteiger partial charge in [0.05, 0.1) is 21.4 Å². The SMILES string of the molecule is CCCCc1nc2cnc3ccccc3c2s1. The molecule has 2 nitrogen and oxygen atoms in total. The van der Waals surface area contributed by atoms with Crippen LogP contribution in [0, 0.1) is 0 Å². The van der Waals surface area contributed by atoms with Gasteiger partial charge < -0.3 is 0 Å². The number of benzene rings is 1. The molecule has 0 amide bonds. The summed E-state index contributed by atoms with van der Waals surface area (Å²) in [6, 6.07) is 8.28. The van der Waals surface area contributed by atoms with Crippen LogP contribution in [0.5, 0.6) is 0 Å². The first-order chi connectivity index (χ1) is 8.38. The molecule has 2 heterocycles. The van der Waals surface area contributed by atoms with Gasteiger partial charge in [0.1, 0.15) is 5.52 Å². The van der Waals surface area contributed by atoms with Crippen LogP contribution in [-0.2, 0) is 6.42 Å². The van der Waals surface area contributed by atoms with E-state index in [-0.39, 0.29) is 0 Å². The first-order valence-electron chi connectivity index (χ1n) is 6.01. The maximum absolute atomic E-state index is 4.66. The highest BCUT2D eigenvalue weighted by Crippen LogP contribution is 2.29. The van der Waals surface area contributed by atoms with Crippen molar-refractivity contribution in [1.29, 1.82) is 0 Å². The number of aromatic nitrogens is 2. The Morgan fingerprint density at radius 3 is 2.94 bits per heavy atom. The molecule has 0 aliphatic heterocycles. The molecule has 0 bridgehead atoms. The number of nitrogens with zero attached hydrogens (tertiary/aromatic N) is 2. The Kier molecular flexibility index (Phi) is 2.77. The van der Waals surface area contributed by atoms with Crippen LogP contribution in [0.3, 0.4) is 0 Å². The molecular weight excluding hydrogens is 228 g/mol. The van der Waals surface area contributed by atoms with Crippen LogP contribution in [0.25, 0.3) is 21.1 Å². The Morgan fingerprint density at radius 1 is 1.18 bits per heavy atom. The van der Waals surface area contributed by atoms with Crippen molar-refractivity contribution in [3.05, 3.63) is 35.5 Å². The molecule has 0 aliphatic carbocycles. The second-order valence-electron chi connectivity index (χ2n) is 4.20. The predicted molar refractivity (Wildman–Crippen MR) is 73.5 cm³/mol. The number of fused-ring (bicyclic) bond motifs is 3. The van der Waals surface area contributed by atoms with Gasteiger partial charge in [-0.2, -0.15) is 0 Å². The highest BCUT2D eigenvalue weighted by atomic mass is 32.1. The third-order valence-corrected chi connectivity index (χ3v) is 4.08. The lowest BCUT2D eigenvalue weighted by molar-refractivity contribution is 0.791. The van der Waals surface area contributed by atoms with Crippen LogP contribution in [0.4, 0.5) is 0 Å². The Labute approximate surface area is 104 Å². The van der Waals surface area contributed by atoms with Crippen molar-refractivity contribution < 1.29 is 0 Å². The molecule has 0 atom stereocenters. The molecule has 0 unspecified atom stereocenters. The average Bonchev–Trinajstić information content (AvgIpc) is 2.79. The summed E-state index contributed by atoms with van der Waals surface area (Å²) >= 11 is 1.82. The minimum atomic E-state index is 1.04. The molecule has 0 spiro atoms. The number of aryl methyl sites for hydroxylation is 1. The second-order valence-corrected chi connectivity index (χ2v) is 5.28. The molecule has 3 aromatic rings. The van der Waals surface area contributed by atoms with E-state index >= 15 is 0 Å². The summed E-state index contributed by atoms with van der Waals surface area (Å²) in [6.07, 6.45) is 5.41. The van der Waals surface area contributed by atoms with Crippen LogP contribution in [0.1, 0.15) is 24.8 Å². The summed E-state index contributed by atoms with van der Waals surface area (Å²) in [4.78, 5) is 9.10. The largest absolute Gasteiger partial charge is 0.254 e. The van der Waals surface area contributed by atoms with E-state index in [1.807, 2.05) is 23.6 Å². The van der Waals surface area contributed by atoms with Gasteiger partial charge >= 0.3 is 0 Å². The molecule has 0 saturated carbocycles. The van der Waals surface area contributed by atoms with Gasteiger partial charge in [0.25, 0.3) is 0 Å². The summed E-state index contributed by atoms with van der Waals surface area (Å²) in [7, 11) is 0. The number of hydrogen-bond donors (Lipinski definition) is 0. The zero-order valence-electron chi connectivity index (χ0n) is 9.81. The van der Waals surface area contributed by atoms with Gasteiger partial charge in [0, 0.05) is 5.39 Å². The minimum absolute atomic E-state index is 1.04. The van der Waals surface area contributed by atoms with Crippen molar-refractivity contribution in [2.75, 3.05) is 0 Å². The first-order valence-corrected chi connectivity index (χ1v) is 6.83. The standard InChI is InChI=1S/C14H14N2S/c1-2-3-8-13-16-12-9-15-11-7-5-4-6-10(11)14(12)17-13/h4-7,9H,2-3,8H2,1H3. The summed E-state index contributed by atoms with van der Waals surface area (Å²) in [6.45, 7) is 2.21. The normalized spacial score (nSPS) is 11.4. The van der Waals surface area contributed by atoms with Crippen LogP contribution in [0.2, 0.25) is 0 Å². The summed E-state index contributed by atoms with van der Waals surface area (Å²) in [5.74, 6) is 0. The number of rotatable bonds is 3. The molecule has 3 rings (SSSR count). The number of hydrogen-bond acceptors (Lipinski definition) is 3. The van der Waals surface area contributed by atoms with Crippen molar-refractivity contribution in [3.8, 4) is 0 Å². The fraction of sp³-hybridized carbons (Fsp3) is 0.286. The van der Waals surface area contributed by atoms with E-state index in [9.17, 15) is 0 Å². The van der Waals surface area contributed by atoms with Crippen LogP contribution < -0.4 is 0 Å². The molecule has 0 aliphatic rings. The van der Waals surface area contributed by atoms with Crippen molar-refractivity contribution in [2.24, 2.45) is 0 Å². The van der Waals surface area contributed by atoms with Crippen molar-refractivity contribution in [1.82, 2.24) is 9.97 Å². The lowest BCUT2D eigenvalue weighted by Crippen LogP contribution is -1.81. The van der Waals surface area contributed by atoms with Gasteiger partial charge in [-0.1, -0.05) is 31.5 Å². The lowest BCUT2D eigenvalue weighted by atomic mass is 10.2. The Hall–Kier alpha value is -1.48. The fourth-order valence-corrected chi connectivity index (χ4v) is 3.11. The van der Waals surface area contributed by atoms with Gasteiger partial charge in [-0.3, -0.25) is 4.98 Å². The van der Waals surface area contributed by atoms with E-state index < -0.39 is 0 Å². The number of unbranched alkanes of at least 4 members (excludes halogenated alkanes) is 1. The molecule has 0 fully saturated rings. The topological polar surface area (TPSA) is 25.8 Å². The molecule has 2 aromatic heterocycles.